The first-order valence-electron chi connectivity index (χ1n) is 4.82. The molecular weight excluding hydrogens is 228 g/mol. The maximum absolute atomic E-state index is 11.3. The smallest absolute Gasteiger partial charge is 0.262 e. The number of fused-ring (bicyclic) bond motifs is 1. The van der Waals surface area contributed by atoms with Crippen LogP contribution in [0.1, 0.15) is 35.0 Å². The van der Waals surface area contributed by atoms with Crippen LogP contribution in [0.5, 0.6) is 0 Å². The molecule has 1 nitrogen and oxygen atoms in total. The van der Waals surface area contributed by atoms with E-state index < -0.39 is 0 Å². The Morgan fingerprint density at radius 3 is 2.60 bits per heavy atom. The Kier molecular flexibility index (Phi) is 2.81. The van der Waals surface area contributed by atoms with E-state index in [1.165, 1.54) is 11.3 Å². The lowest BCUT2D eigenvalue weighted by molar-refractivity contribution is 0.108. The summed E-state index contributed by atoms with van der Waals surface area (Å²) in [6, 6.07) is 8.04. The highest BCUT2D eigenvalue weighted by Gasteiger charge is 2.18. The number of halogens is 1. The van der Waals surface area contributed by atoms with E-state index in [0.717, 1.165) is 15.6 Å². The van der Waals surface area contributed by atoms with Crippen molar-refractivity contribution in [1.29, 1.82) is 0 Å². The minimum absolute atomic E-state index is 0.318. The number of hydrogen-bond donors (Lipinski definition) is 0. The topological polar surface area (TPSA) is 17.1 Å². The fraction of sp³-hybridized carbons (Fsp3) is 0.250. The van der Waals surface area contributed by atoms with E-state index in [1.807, 2.05) is 24.3 Å². The van der Waals surface area contributed by atoms with Crippen molar-refractivity contribution in [2.75, 3.05) is 0 Å². The molecule has 0 saturated heterocycles. The fourth-order valence-electron chi connectivity index (χ4n) is 1.78. The molecule has 0 radical (unpaired) electrons. The molecule has 1 heterocycles. The molecule has 0 amide bonds. The third-order valence-corrected chi connectivity index (χ3v) is 3.88. The van der Waals surface area contributed by atoms with Crippen LogP contribution in [0.4, 0.5) is 0 Å². The van der Waals surface area contributed by atoms with Gasteiger partial charge in [0.2, 0.25) is 0 Å². The highest BCUT2D eigenvalue weighted by atomic mass is 35.5. The zero-order valence-corrected chi connectivity index (χ0v) is 10.2. The molecule has 2 rings (SSSR count). The second-order valence-corrected chi connectivity index (χ2v) is 5.16. The monoisotopic (exact) mass is 238 g/mol. The van der Waals surface area contributed by atoms with E-state index in [-0.39, 0.29) is 5.24 Å². The zero-order valence-electron chi connectivity index (χ0n) is 8.58. The minimum Gasteiger partial charge on any atom is -0.275 e. The minimum atomic E-state index is -0.347. The predicted octanol–water partition coefficient (Wildman–Crippen LogP) is 4.40. The lowest BCUT2D eigenvalue weighted by atomic mass is 10.00. The van der Waals surface area contributed by atoms with Gasteiger partial charge >= 0.3 is 0 Å². The molecule has 0 unspecified atom stereocenters. The van der Waals surface area contributed by atoms with Crippen LogP contribution >= 0.6 is 22.9 Å². The van der Waals surface area contributed by atoms with Gasteiger partial charge in [-0.25, -0.2) is 0 Å². The Morgan fingerprint density at radius 1 is 1.33 bits per heavy atom. The van der Waals surface area contributed by atoms with Gasteiger partial charge in [0, 0.05) is 4.70 Å². The van der Waals surface area contributed by atoms with Gasteiger partial charge in [0.25, 0.3) is 5.24 Å². The molecule has 0 fully saturated rings. The molecule has 2 aromatic rings. The SMILES string of the molecule is CC(C)c1c(C(=O)Cl)sc2ccccc12. The first-order valence-corrected chi connectivity index (χ1v) is 6.02. The van der Waals surface area contributed by atoms with Crippen LogP contribution in [-0.2, 0) is 0 Å². The maximum Gasteiger partial charge on any atom is 0.262 e. The van der Waals surface area contributed by atoms with Crippen LogP contribution in [0.2, 0.25) is 0 Å². The van der Waals surface area contributed by atoms with Crippen molar-refractivity contribution in [2.45, 2.75) is 19.8 Å². The number of benzene rings is 1. The summed E-state index contributed by atoms with van der Waals surface area (Å²) in [6.07, 6.45) is 0. The second-order valence-electron chi connectivity index (χ2n) is 3.77. The molecule has 78 valence electrons. The van der Waals surface area contributed by atoms with Crippen molar-refractivity contribution in [3.8, 4) is 0 Å². The van der Waals surface area contributed by atoms with E-state index in [0.29, 0.717) is 10.8 Å². The lowest BCUT2D eigenvalue weighted by Gasteiger charge is -2.04. The summed E-state index contributed by atoms with van der Waals surface area (Å²) in [6.45, 7) is 4.16. The van der Waals surface area contributed by atoms with Crippen LogP contribution in [0.15, 0.2) is 24.3 Å². The summed E-state index contributed by atoms with van der Waals surface area (Å²) in [7, 11) is 0. The molecule has 0 spiro atoms. The quantitative estimate of drug-likeness (QED) is 0.709. The zero-order chi connectivity index (χ0) is 11.0. The van der Waals surface area contributed by atoms with E-state index in [9.17, 15) is 4.79 Å². The molecule has 0 aliphatic carbocycles. The molecular formula is C12H11ClOS. The highest BCUT2D eigenvalue weighted by molar-refractivity contribution is 7.22. The van der Waals surface area contributed by atoms with E-state index in [1.54, 1.807) is 0 Å². The third-order valence-electron chi connectivity index (χ3n) is 2.39. The van der Waals surface area contributed by atoms with E-state index >= 15 is 0 Å². The Hall–Kier alpha value is -0.860. The van der Waals surface area contributed by atoms with Gasteiger partial charge in [-0.05, 0) is 34.5 Å². The molecule has 0 aliphatic rings. The summed E-state index contributed by atoms with van der Waals surface area (Å²) in [4.78, 5) is 12.0. The Bertz CT molecular complexity index is 513. The van der Waals surface area contributed by atoms with Crippen LogP contribution in [0.3, 0.4) is 0 Å². The van der Waals surface area contributed by atoms with Gasteiger partial charge in [0.15, 0.2) is 0 Å². The number of carbonyl (C=O) groups excluding carboxylic acids is 1. The van der Waals surface area contributed by atoms with Gasteiger partial charge in [-0.1, -0.05) is 32.0 Å². The summed E-state index contributed by atoms with van der Waals surface area (Å²) in [5.41, 5.74) is 1.08. The molecule has 15 heavy (non-hydrogen) atoms. The average molecular weight is 239 g/mol. The molecule has 3 heteroatoms. The standard InChI is InChI=1S/C12H11ClOS/c1-7(2)10-8-5-3-4-6-9(8)15-11(10)12(13)14/h3-7H,1-2H3. The van der Waals surface area contributed by atoms with Gasteiger partial charge in [0.1, 0.15) is 0 Å². The van der Waals surface area contributed by atoms with Crippen LogP contribution in [0.25, 0.3) is 10.1 Å². The molecule has 0 aliphatic heterocycles. The summed E-state index contributed by atoms with van der Waals surface area (Å²) in [5, 5.41) is 0.807. The van der Waals surface area contributed by atoms with Gasteiger partial charge in [0.05, 0.1) is 4.88 Å². The van der Waals surface area contributed by atoms with Gasteiger partial charge < -0.3 is 0 Å². The van der Waals surface area contributed by atoms with Crippen molar-refractivity contribution in [1.82, 2.24) is 0 Å². The molecule has 0 N–H and O–H groups in total. The number of thiophene rings is 1. The molecule has 1 aromatic carbocycles. The van der Waals surface area contributed by atoms with Crippen molar-refractivity contribution in [3.05, 3.63) is 34.7 Å². The fourth-order valence-corrected chi connectivity index (χ4v) is 3.19. The maximum atomic E-state index is 11.3. The van der Waals surface area contributed by atoms with Gasteiger partial charge in [-0.3, -0.25) is 4.79 Å². The third kappa shape index (κ3) is 1.80. The lowest BCUT2D eigenvalue weighted by Crippen LogP contribution is -1.94. The second kappa shape index (κ2) is 3.95. The summed E-state index contributed by atoms with van der Waals surface area (Å²) in [5.74, 6) is 0.318. The summed E-state index contributed by atoms with van der Waals surface area (Å²) < 4.78 is 1.13. The van der Waals surface area contributed by atoms with Crippen molar-refractivity contribution >= 4 is 38.3 Å². The largest absolute Gasteiger partial charge is 0.275 e. The Labute approximate surface area is 97.7 Å². The highest BCUT2D eigenvalue weighted by Crippen LogP contribution is 2.36. The van der Waals surface area contributed by atoms with Crippen LogP contribution in [-0.4, -0.2) is 5.24 Å². The van der Waals surface area contributed by atoms with E-state index in [2.05, 4.69) is 13.8 Å². The molecule has 0 bridgehead atoms. The predicted molar refractivity (Wildman–Crippen MR) is 66.1 cm³/mol. The molecule has 0 atom stereocenters. The van der Waals surface area contributed by atoms with Crippen LogP contribution < -0.4 is 0 Å². The normalized spacial score (nSPS) is 11.2. The van der Waals surface area contributed by atoms with E-state index in [4.69, 9.17) is 11.6 Å². The van der Waals surface area contributed by atoms with Crippen molar-refractivity contribution in [2.24, 2.45) is 0 Å². The van der Waals surface area contributed by atoms with Gasteiger partial charge in [-0.15, -0.1) is 11.3 Å². The molecule has 1 aromatic heterocycles. The first kappa shape index (κ1) is 10.7. The Morgan fingerprint density at radius 2 is 2.00 bits per heavy atom. The van der Waals surface area contributed by atoms with Crippen molar-refractivity contribution < 1.29 is 4.79 Å². The van der Waals surface area contributed by atoms with Gasteiger partial charge in [-0.2, -0.15) is 0 Å². The van der Waals surface area contributed by atoms with Crippen LogP contribution in [0, 0.1) is 0 Å². The summed E-state index contributed by atoms with van der Waals surface area (Å²) >= 11 is 7.07. The number of carbonyl (C=O) groups is 1. The number of rotatable bonds is 2. The number of hydrogen-bond acceptors (Lipinski definition) is 2. The Balaban J connectivity index is 2.80. The van der Waals surface area contributed by atoms with Crippen molar-refractivity contribution in [3.63, 3.8) is 0 Å². The first-order chi connectivity index (χ1) is 7.11. The molecule has 0 saturated carbocycles. The average Bonchev–Trinajstić information content (AvgIpc) is 2.56.